The zero-order chi connectivity index (χ0) is 18.7. The molecule has 0 unspecified atom stereocenters. The normalized spacial score (nSPS) is 21.0. The average Bonchev–Trinajstić information content (AvgIpc) is 3.25. The zero-order valence-corrected chi connectivity index (χ0v) is 15.1. The number of fused-ring (bicyclic) bond motifs is 2. The number of rotatable bonds is 2. The predicted molar refractivity (Wildman–Crippen MR) is 97.5 cm³/mol. The summed E-state index contributed by atoms with van der Waals surface area (Å²) in [5, 5.41) is 12.3. The highest BCUT2D eigenvalue weighted by Crippen LogP contribution is 2.29. The Balaban J connectivity index is 0.000000160. The van der Waals surface area contributed by atoms with E-state index in [0.717, 1.165) is 24.3 Å². The van der Waals surface area contributed by atoms with Gasteiger partial charge in [-0.25, -0.2) is 0 Å². The Kier molecular flexibility index (Phi) is 5.23. The van der Waals surface area contributed by atoms with Gasteiger partial charge in [-0.2, -0.15) is 13.7 Å². The van der Waals surface area contributed by atoms with E-state index in [9.17, 15) is 8.42 Å². The van der Waals surface area contributed by atoms with E-state index in [1.165, 1.54) is 18.6 Å². The molecule has 2 fully saturated rings. The van der Waals surface area contributed by atoms with Crippen molar-refractivity contribution in [1.82, 2.24) is 10.3 Å². The maximum Gasteiger partial charge on any atom is 0.294 e. The first-order valence-corrected chi connectivity index (χ1v) is 9.70. The summed E-state index contributed by atoms with van der Waals surface area (Å²) in [5.74, 6) is 0. The Morgan fingerprint density at radius 2 is 2.04 bits per heavy atom. The van der Waals surface area contributed by atoms with Crippen molar-refractivity contribution < 1.29 is 13.0 Å². The lowest BCUT2D eigenvalue weighted by atomic mass is 10.2. The molecule has 2 N–H and O–H groups in total. The van der Waals surface area contributed by atoms with Crippen LogP contribution in [-0.2, 0) is 10.1 Å². The van der Waals surface area contributed by atoms with Crippen molar-refractivity contribution in [2.75, 3.05) is 18.0 Å². The van der Waals surface area contributed by atoms with E-state index in [-0.39, 0.29) is 4.90 Å². The van der Waals surface area contributed by atoms with Crippen LogP contribution in [0, 0.1) is 18.3 Å². The number of aryl methyl sites for hydroxylation is 1. The third-order valence-corrected chi connectivity index (χ3v) is 5.43. The fourth-order valence-corrected chi connectivity index (χ4v) is 3.71. The number of benzene rings is 1. The van der Waals surface area contributed by atoms with Crippen molar-refractivity contribution in [3.63, 3.8) is 0 Å². The Morgan fingerprint density at radius 1 is 1.31 bits per heavy atom. The largest absolute Gasteiger partial charge is 0.364 e. The Bertz CT molecular complexity index is 922. The minimum atomic E-state index is -4.02. The third kappa shape index (κ3) is 4.19. The van der Waals surface area contributed by atoms with Crippen molar-refractivity contribution in [1.29, 1.82) is 5.26 Å². The van der Waals surface area contributed by atoms with Crippen molar-refractivity contribution in [2.24, 2.45) is 0 Å². The van der Waals surface area contributed by atoms with Crippen molar-refractivity contribution in [3.05, 3.63) is 53.9 Å². The number of piperazine rings is 1. The highest BCUT2D eigenvalue weighted by Gasteiger charge is 2.37. The summed E-state index contributed by atoms with van der Waals surface area (Å²) in [6, 6.07) is 11.3. The highest BCUT2D eigenvalue weighted by atomic mass is 32.2. The summed E-state index contributed by atoms with van der Waals surface area (Å²) < 4.78 is 29.6. The molecule has 8 heteroatoms. The molecule has 1 aromatic heterocycles. The SMILES string of the molecule is Cc1ccc(S(=O)(=O)O)cc1.N#Cc1cncc(N2C[C@H]3C[C@@H]2CN3)c1. The number of nitriles is 1. The molecule has 7 nitrogen and oxygen atoms in total. The molecule has 3 heterocycles. The van der Waals surface area contributed by atoms with Gasteiger partial charge in [0.2, 0.25) is 0 Å². The monoisotopic (exact) mass is 372 g/mol. The molecule has 1 aromatic carbocycles. The summed E-state index contributed by atoms with van der Waals surface area (Å²) in [6.07, 6.45) is 4.67. The summed E-state index contributed by atoms with van der Waals surface area (Å²) in [5.41, 5.74) is 2.68. The summed E-state index contributed by atoms with van der Waals surface area (Å²) >= 11 is 0. The molecule has 4 rings (SSSR count). The number of aromatic nitrogens is 1. The Labute approximate surface area is 153 Å². The maximum absolute atomic E-state index is 10.5. The first kappa shape index (κ1) is 18.3. The van der Waals surface area contributed by atoms with Gasteiger partial charge in [-0.3, -0.25) is 9.54 Å². The van der Waals surface area contributed by atoms with Crippen molar-refractivity contribution in [3.8, 4) is 6.07 Å². The van der Waals surface area contributed by atoms with Gasteiger partial charge in [0.15, 0.2) is 0 Å². The number of nitrogens with zero attached hydrogens (tertiary/aromatic N) is 3. The van der Waals surface area contributed by atoms with Crippen LogP contribution >= 0.6 is 0 Å². The molecule has 0 radical (unpaired) electrons. The first-order chi connectivity index (χ1) is 12.4. The standard InChI is InChI=1S/C11H12N4.C7H8O3S/c12-3-8-1-10(5-13-4-8)15-7-9-2-11(15)6-14-9;1-6-2-4-7(5-3-6)11(8,9)10/h1,4-5,9,11,14H,2,6-7H2;2-5H,1H3,(H,8,9,10)/t9-,11-;/m1./s1. The van der Waals surface area contributed by atoms with Crippen LogP contribution in [-0.4, -0.2) is 43.1 Å². The van der Waals surface area contributed by atoms with Crippen LogP contribution in [0.25, 0.3) is 0 Å². The van der Waals surface area contributed by atoms with E-state index < -0.39 is 10.1 Å². The quantitative estimate of drug-likeness (QED) is 0.774. The fraction of sp³-hybridized carbons (Fsp3) is 0.333. The Hall–Kier alpha value is -2.47. The molecule has 0 saturated carbocycles. The number of nitrogens with one attached hydrogen (secondary N) is 1. The van der Waals surface area contributed by atoms with Gasteiger partial charge in [0.05, 0.1) is 22.3 Å². The maximum atomic E-state index is 10.5. The first-order valence-electron chi connectivity index (χ1n) is 8.26. The third-order valence-electron chi connectivity index (χ3n) is 4.56. The molecule has 2 atom stereocenters. The van der Waals surface area contributed by atoms with Crippen LogP contribution < -0.4 is 10.2 Å². The summed E-state index contributed by atoms with van der Waals surface area (Å²) in [4.78, 5) is 6.39. The molecule has 2 bridgehead atoms. The van der Waals surface area contributed by atoms with Gasteiger partial charge in [0, 0.05) is 31.4 Å². The summed E-state index contributed by atoms with van der Waals surface area (Å²) in [7, 11) is -4.02. The van der Waals surface area contributed by atoms with Gasteiger partial charge < -0.3 is 10.2 Å². The Morgan fingerprint density at radius 3 is 2.58 bits per heavy atom. The fourth-order valence-electron chi connectivity index (χ4n) is 3.23. The molecule has 2 saturated heterocycles. The molecule has 26 heavy (non-hydrogen) atoms. The van der Waals surface area contributed by atoms with E-state index in [2.05, 4.69) is 21.3 Å². The molecule has 2 aliphatic heterocycles. The van der Waals surface area contributed by atoms with E-state index in [1.54, 1.807) is 18.3 Å². The lowest BCUT2D eigenvalue weighted by Gasteiger charge is -2.29. The zero-order valence-electron chi connectivity index (χ0n) is 14.3. The summed E-state index contributed by atoms with van der Waals surface area (Å²) in [6.45, 7) is 3.94. The van der Waals surface area contributed by atoms with Crippen LogP contribution in [0.3, 0.4) is 0 Å². The molecule has 136 valence electrons. The topological polar surface area (TPSA) is 106 Å². The minimum Gasteiger partial charge on any atom is -0.364 e. The van der Waals surface area contributed by atoms with Crippen molar-refractivity contribution in [2.45, 2.75) is 30.3 Å². The van der Waals surface area contributed by atoms with Crippen molar-refractivity contribution >= 4 is 15.8 Å². The predicted octanol–water partition coefficient (Wildman–Crippen LogP) is 1.75. The number of pyridine rings is 1. The second-order valence-corrected chi connectivity index (χ2v) is 7.90. The number of hydrogen-bond donors (Lipinski definition) is 2. The van der Waals surface area contributed by atoms with Crippen LogP contribution in [0.5, 0.6) is 0 Å². The van der Waals surface area contributed by atoms with E-state index in [0.29, 0.717) is 17.6 Å². The van der Waals surface area contributed by atoms with Gasteiger partial charge in [-0.15, -0.1) is 0 Å². The van der Waals surface area contributed by atoms with Gasteiger partial charge in [0.1, 0.15) is 6.07 Å². The van der Waals surface area contributed by atoms with Gasteiger partial charge in [-0.1, -0.05) is 17.7 Å². The molecular formula is C18H20N4O3S. The van der Waals surface area contributed by atoms with E-state index in [1.807, 2.05) is 19.2 Å². The van der Waals surface area contributed by atoms with Gasteiger partial charge >= 0.3 is 0 Å². The number of hydrogen-bond acceptors (Lipinski definition) is 6. The molecular weight excluding hydrogens is 352 g/mol. The lowest BCUT2D eigenvalue weighted by Crippen LogP contribution is -2.43. The molecule has 2 aromatic rings. The number of anilines is 1. The van der Waals surface area contributed by atoms with Gasteiger partial charge in [-0.05, 0) is 31.5 Å². The lowest BCUT2D eigenvalue weighted by molar-refractivity contribution is 0.483. The second kappa shape index (κ2) is 7.41. The highest BCUT2D eigenvalue weighted by molar-refractivity contribution is 7.85. The molecule has 2 aliphatic rings. The smallest absolute Gasteiger partial charge is 0.294 e. The van der Waals surface area contributed by atoms with E-state index in [4.69, 9.17) is 9.81 Å². The minimum absolute atomic E-state index is 0.0666. The van der Waals surface area contributed by atoms with Gasteiger partial charge in [0.25, 0.3) is 10.1 Å². The molecule has 0 amide bonds. The molecule has 0 spiro atoms. The second-order valence-electron chi connectivity index (χ2n) is 6.48. The average molecular weight is 372 g/mol. The van der Waals surface area contributed by atoms with Crippen LogP contribution in [0.1, 0.15) is 17.5 Å². The molecule has 0 aliphatic carbocycles. The van der Waals surface area contributed by atoms with Crippen LogP contribution in [0.15, 0.2) is 47.6 Å². The van der Waals surface area contributed by atoms with Crippen LogP contribution in [0.4, 0.5) is 5.69 Å². The van der Waals surface area contributed by atoms with Crippen LogP contribution in [0.2, 0.25) is 0 Å². The van der Waals surface area contributed by atoms with E-state index >= 15 is 0 Å².